The number of methoxy groups -OCH3 is 1. The van der Waals surface area contributed by atoms with Crippen molar-refractivity contribution in [3.63, 3.8) is 0 Å². The van der Waals surface area contributed by atoms with Gasteiger partial charge in [0.05, 0.1) is 18.7 Å². The molecule has 2 rings (SSSR count). The number of ether oxygens (including phenoxy) is 1. The summed E-state index contributed by atoms with van der Waals surface area (Å²) in [6.45, 7) is 4.91. The highest BCUT2D eigenvalue weighted by atomic mass is 16.5. The number of aliphatic imine (C=N–C) groups is 1. The summed E-state index contributed by atoms with van der Waals surface area (Å²) in [6.07, 6.45) is 1.85. The Bertz CT molecular complexity index is 488. The number of rotatable bonds is 3. The molecule has 1 aromatic carbocycles. The summed E-state index contributed by atoms with van der Waals surface area (Å²) in [4.78, 5) is 17.3. The van der Waals surface area contributed by atoms with Crippen LogP contribution >= 0.6 is 0 Å². The van der Waals surface area contributed by atoms with Gasteiger partial charge in [0.2, 0.25) is 5.91 Å². The molecule has 102 valence electrons. The average Bonchev–Trinajstić information content (AvgIpc) is 2.47. The van der Waals surface area contributed by atoms with Crippen LogP contribution in [0.2, 0.25) is 0 Å². The minimum absolute atomic E-state index is 0.0604. The SMILES string of the molecule is C=NC(=O)C1CCCN(c2ccc(N)c(OC)c2)C1. The van der Waals surface area contributed by atoms with E-state index in [1.54, 1.807) is 7.11 Å². The number of carbonyl (C=O) groups excluding carboxylic acids is 1. The Balaban J connectivity index is 2.17. The van der Waals surface area contributed by atoms with Crippen LogP contribution in [0.3, 0.4) is 0 Å². The highest BCUT2D eigenvalue weighted by Gasteiger charge is 2.25. The highest BCUT2D eigenvalue weighted by molar-refractivity contribution is 5.83. The van der Waals surface area contributed by atoms with E-state index in [0.29, 0.717) is 18.0 Å². The van der Waals surface area contributed by atoms with Crippen molar-refractivity contribution in [1.82, 2.24) is 0 Å². The van der Waals surface area contributed by atoms with E-state index in [1.165, 1.54) is 0 Å². The third kappa shape index (κ3) is 2.86. The standard InChI is InChI=1S/C14H19N3O2/c1-16-14(18)10-4-3-7-17(9-10)11-5-6-12(15)13(8-11)19-2/h5-6,8,10H,1,3-4,7,9,15H2,2H3. The molecule has 1 saturated heterocycles. The van der Waals surface area contributed by atoms with E-state index in [-0.39, 0.29) is 11.8 Å². The van der Waals surface area contributed by atoms with Gasteiger partial charge in [-0.15, -0.1) is 0 Å². The van der Waals surface area contributed by atoms with Gasteiger partial charge in [0, 0.05) is 24.8 Å². The first kappa shape index (κ1) is 13.4. The fourth-order valence-corrected chi connectivity index (χ4v) is 2.44. The maximum absolute atomic E-state index is 11.6. The molecule has 1 unspecified atom stereocenters. The molecule has 0 aromatic heterocycles. The van der Waals surface area contributed by atoms with Crippen molar-refractivity contribution in [2.45, 2.75) is 12.8 Å². The molecule has 19 heavy (non-hydrogen) atoms. The van der Waals surface area contributed by atoms with Gasteiger partial charge in [0.15, 0.2) is 0 Å². The largest absolute Gasteiger partial charge is 0.495 e. The Kier molecular flexibility index (Phi) is 4.04. The van der Waals surface area contributed by atoms with Crippen LogP contribution in [0.4, 0.5) is 11.4 Å². The number of amides is 1. The molecule has 1 amide bonds. The molecule has 5 nitrogen and oxygen atoms in total. The number of nitrogens with zero attached hydrogens (tertiary/aromatic N) is 2. The Morgan fingerprint density at radius 2 is 2.37 bits per heavy atom. The van der Waals surface area contributed by atoms with Gasteiger partial charge in [0.25, 0.3) is 0 Å². The predicted molar refractivity (Wildman–Crippen MR) is 76.9 cm³/mol. The van der Waals surface area contributed by atoms with E-state index < -0.39 is 0 Å². The zero-order valence-electron chi connectivity index (χ0n) is 11.1. The molecule has 1 aliphatic rings. The Morgan fingerprint density at radius 3 is 3.05 bits per heavy atom. The summed E-state index contributed by atoms with van der Waals surface area (Å²) in [5, 5.41) is 0. The van der Waals surface area contributed by atoms with E-state index in [2.05, 4.69) is 16.6 Å². The third-order valence-corrected chi connectivity index (χ3v) is 3.51. The Morgan fingerprint density at radius 1 is 1.58 bits per heavy atom. The van der Waals surface area contributed by atoms with Crippen LogP contribution in [0.1, 0.15) is 12.8 Å². The van der Waals surface area contributed by atoms with Crippen LogP contribution in [-0.2, 0) is 4.79 Å². The first-order valence-electron chi connectivity index (χ1n) is 6.34. The maximum atomic E-state index is 11.6. The maximum Gasteiger partial charge on any atom is 0.249 e. The average molecular weight is 261 g/mol. The number of nitrogens with two attached hydrogens (primary N) is 1. The molecule has 0 saturated carbocycles. The summed E-state index contributed by atoms with van der Waals surface area (Å²) in [5.74, 6) is 0.481. The molecular formula is C14H19N3O2. The Labute approximate surface area is 113 Å². The van der Waals surface area contributed by atoms with Gasteiger partial charge in [-0.05, 0) is 31.7 Å². The van der Waals surface area contributed by atoms with Crippen LogP contribution in [0.25, 0.3) is 0 Å². The number of benzene rings is 1. The molecule has 5 heteroatoms. The fraction of sp³-hybridized carbons (Fsp3) is 0.429. The molecule has 1 aromatic rings. The van der Waals surface area contributed by atoms with Gasteiger partial charge in [-0.3, -0.25) is 4.79 Å². The smallest absolute Gasteiger partial charge is 0.249 e. The number of anilines is 2. The van der Waals surface area contributed by atoms with Crippen LogP contribution < -0.4 is 15.4 Å². The zero-order chi connectivity index (χ0) is 13.8. The van der Waals surface area contributed by atoms with Crippen molar-refractivity contribution in [2.24, 2.45) is 10.9 Å². The predicted octanol–water partition coefficient (Wildman–Crippen LogP) is 1.72. The molecule has 2 N–H and O–H groups in total. The lowest BCUT2D eigenvalue weighted by Gasteiger charge is -2.33. The molecule has 1 aliphatic heterocycles. The van der Waals surface area contributed by atoms with Crippen molar-refractivity contribution in [3.05, 3.63) is 18.2 Å². The van der Waals surface area contributed by atoms with E-state index >= 15 is 0 Å². The molecule has 1 fully saturated rings. The van der Waals surface area contributed by atoms with Gasteiger partial charge >= 0.3 is 0 Å². The lowest BCUT2D eigenvalue weighted by Crippen LogP contribution is -2.38. The van der Waals surface area contributed by atoms with E-state index in [1.807, 2.05) is 18.2 Å². The summed E-state index contributed by atoms with van der Waals surface area (Å²) < 4.78 is 5.22. The number of nitrogen functional groups attached to an aromatic ring is 1. The molecule has 0 radical (unpaired) electrons. The number of hydrogen-bond donors (Lipinski definition) is 1. The number of piperidine rings is 1. The van der Waals surface area contributed by atoms with Gasteiger partial charge < -0.3 is 15.4 Å². The quantitative estimate of drug-likeness (QED) is 0.664. The summed E-state index contributed by atoms with van der Waals surface area (Å²) in [7, 11) is 1.60. The first-order valence-corrected chi connectivity index (χ1v) is 6.34. The van der Waals surface area contributed by atoms with Gasteiger partial charge in [-0.2, -0.15) is 0 Å². The third-order valence-electron chi connectivity index (χ3n) is 3.51. The van der Waals surface area contributed by atoms with Crippen molar-refractivity contribution < 1.29 is 9.53 Å². The molecule has 1 heterocycles. The van der Waals surface area contributed by atoms with Gasteiger partial charge in [-0.25, -0.2) is 4.99 Å². The minimum Gasteiger partial charge on any atom is -0.495 e. The molecule has 0 spiro atoms. The summed E-state index contributed by atoms with van der Waals surface area (Å²) >= 11 is 0. The second-order valence-corrected chi connectivity index (χ2v) is 4.71. The fourth-order valence-electron chi connectivity index (χ4n) is 2.44. The Hall–Kier alpha value is -2.04. The molecule has 0 aliphatic carbocycles. The lowest BCUT2D eigenvalue weighted by molar-refractivity contribution is -0.121. The molecular weight excluding hydrogens is 242 g/mol. The summed E-state index contributed by atoms with van der Waals surface area (Å²) in [5.41, 5.74) is 7.44. The molecule has 1 atom stereocenters. The summed E-state index contributed by atoms with van der Waals surface area (Å²) in [6, 6.07) is 5.68. The lowest BCUT2D eigenvalue weighted by atomic mass is 9.97. The van der Waals surface area contributed by atoms with Crippen LogP contribution in [0.5, 0.6) is 5.75 Å². The van der Waals surface area contributed by atoms with Crippen molar-refractivity contribution >= 4 is 24.0 Å². The normalized spacial score (nSPS) is 19.0. The van der Waals surface area contributed by atoms with Gasteiger partial charge in [0.1, 0.15) is 5.75 Å². The van der Waals surface area contributed by atoms with Crippen molar-refractivity contribution in [1.29, 1.82) is 0 Å². The van der Waals surface area contributed by atoms with Crippen LogP contribution in [0, 0.1) is 5.92 Å². The van der Waals surface area contributed by atoms with Crippen LogP contribution in [0.15, 0.2) is 23.2 Å². The van der Waals surface area contributed by atoms with Crippen molar-refractivity contribution in [2.75, 3.05) is 30.8 Å². The zero-order valence-corrected chi connectivity index (χ0v) is 11.1. The van der Waals surface area contributed by atoms with Crippen LogP contribution in [-0.4, -0.2) is 32.8 Å². The topological polar surface area (TPSA) is 67.9 Å². The van der Waals surface area contributed by atoms with Gasteiger partial charge in [-0.1, -0.05) is 0 Å². The minimum atomic E-state index is -0.118. The van der Waals surface area contributed by atoms with Crippen molar-refractivity contribution in [3.8, 4) is 5.75 Å². The van der Waals surface area contributed by atoms with E-state index in [9.17, 15) is 4.79 Å². The van der Waals surface area contributed by atoms with E-state index in [0.717, 1.165) is 25.1 Å². The number of hydrogen-bond acceptors (Lipinski definition) is 4. The molecule has 0 bridgehead atoms. The second-order valence-electron chi connectivity index (χ2n) is 4.71. The monoisotopic (exact) mass is 261 g/mol. The second kappa shape index (κ2) is 5.73. The van der Waals surface area contributed by atoms with E-state index in [4.69, 9.17) is 10.5 Å². The highest BCUT2D eigenvalue weighted by Crippen LogP contribution is 2.30. The first-order chi connectivity index (χ1) is 9.15. The number of carbonyl (C=O) groups is 1.